The summed E-state index contributed by atoms with van der Waals surface area (Å²) in [5.41, 5.74) is 0. The maximum atomic E-state index is 11.6. The van der Waals surface area contributed by atoms with Gasteiger partial charge in [-0.05, 0) is 18.6 Å². The summed E-state index contributed by atoms with van der Waals surface area (Å²) in [6.07, 6.45) is 0.725. The van der Waals surface area contributed by atoms with Gasteiger partial charge in [0, 0.05) is 11.9 Å². The van der Waals surface area contributed by atoms with Crippen LogP contribution in [0.15, 0.2) is 12.1 Å². The fourth-order valence-electron chi connectivity index (χ4n) is 1.02. The van der Waals surface area contributed by atoms with Crippen LogP contribution in [0.4, 0.5) is 0 Å². The first kappa shape index (κ1) is 13.0. The Morgan fingerprint density at radius 3 is 2.93 bits per heavy atom. The van der Waals surface area contributed by atoms with Crippen molar-refractivity contribution in [2.45, 2.75) is 18.6 Å². The smallest absolute Gasteiger partial charge is 0.182 e. The Morgan fingerprint density at radius 1 is 1.67 bits per heavy atom. The Labute approximate surface area is 103 Å². The number of carbonyl (C=O) groups excluding carboxylic acids is 1. The minimum Gasteiger partial charge on any atom is -0.396 e. The van der Waals surface area contributed by atoms with Crippen molar-refractivity contribution in [1.82, 2.24) is 0 Å². The molecule has 1 unspecified atom stereocenters. The average Bonchev–Trinajstić information content (AvgIpc) is 2.62. The molecule has 0 fully saturated rings. The average molecular weight is 265 g/mol. The summed E-state index contributed by atoms with van der Waals surface area (Å²) in [5.74, 6) is 0.569. The minimum absolute atomic E-state index is 0.113. The number of thiophene rings is 1. The van der Waals surface area contributed by atoms with Gasteiger partial charge in [-0.1, -0.05) is 18.5 Å². The lowest BCUT2D eigenvalue weighted by Gasteiger charge is -2.07. The van der Waals surface area contributed by atoms with Crippen molar-refractivity contribution >= 4 is 40.5 Å². The first-order chi connectivity index (χ1) is 7.13. The number of halogens is 1. The van der Waals surface area contributed by atoms with Crippen LogP contribution >= 0.6 is 34.7 Å². The molecular weight excluding hydrogens is 252 g/mol. The normalized spacial score (nSPS) is 12.7. The summed E-state index contributed by atoms with van der Waals surface area (Å²) >= 11 is 8.62. The van der Waals surface area contributed by atoms with Gasteiger partial charge in [-0.3, -0.25) is 4.79 Å². The lowest BCUT2D eigenvalue weighted by molar-refractivity contribution is 0.102. The van der Waals surface area contributed by atoms with Crippen LogP contribution in [0.2, 0.25) is 4.34 Å². The highest BCUT2D eigenvalue weighted by Crippen LogP contribution is 2.24. The fraction of sp³-hybridized carbons (Fsp3) is 0.500. The molecule has 1 N–H and O–H groups in total. The van der Waals surface area contributed by atoms with Crippen molar-refractivity contribution in [3.8, 4) is 0 Å². The van der Waals surface area contributed by atoms with Gasteiger partial charge in [-0.25, -0.2) is 0 Å². The molecule has 0 aromatic carbocycles. The van der Waals surface area contributed by atoms with E-state index in [1.807, 2.05) is 6.92 Å². The topological polar surface area (TPSA) is 37.3 Å². The van der Waals surface area contributed by atoms with Crippen molar-refractivity contribution < 1.29 is 9.90 Å². The van der Waals surface area contributed by atoms with Gasteiger partial charge in [0.05, 0.1) is 15.0 Å². The van der Waals surface area contributed by atoms with Crippen molar-refractivity contribution in [2.75, 3.05) is 12.4 Å². The number of Topliss-reactive ketones (excluding diaryl/α,β-unsaturated/α-hetero) is 1. The zero-order chi connectivity index (χ0) is 11.3. The van der Waals surface area contributed by atoms with E-state index in [2.05, 4.69) is 0 Å². The molecular formula is C10H13ClO2S2. The van der Waals surface area contributed by atoms with Crippen molar-refractivity contribution in [1.29, 1.82) is 0 Å². The van der Waals surface area contributed by atoms with Gasteiger partial charge < -0.3 is 5.11 Å². The maximum Gasteiger partial charge on any atom is 0.182 e. The van der Waals surface area contributed by atoms with E-state index in [1.54, 1.807) is 23.9 Å². The number of ketones is 1. The Hall–Kier alpha value is -0.0300. The molecule has 0 bridgehead atoms. The Morgan fingerprint density at radius 2 is 2.40 bits per heavy atom. The third-order valence-electron chi connectivity index (χ3n) is 1.88. The van der Waals surface area contributed by atoms with Gasteiger partial charge in [0.15, 0.2) is 5.78 Å². The third-order valence-corrected chi connectivity index (χ3v) is 4.39. The second kappa shape index (κ2) is 6.53. The summed E-state index contributed by atoms with van der Waals surface area (Å²) in [7, 11) is 0. The quantitative estimate of drug-likeness (QED) is 0.803. The monoisotopic (exact) mass is 264 g/mol. The van der Waals surface area contributed by atoms with E-state index >= 15 is 0 Å². The minimum atomic E-state index is 0.113. The number of thioether (sulfide) groups is 1. The molecule has 0 saturated carbocycles. The lowest BCUT2D eigenvalue weighted by atomic mass is 10.3. The summed E-state index contributed by atoms with van der Waals surface area (Å²) in [6.45, 7) is 2.18. The Balaban J connectivity index is 2.36. The molecule has 1 aromatic heterocycles. The molecule has 0 saturated heterocycles. The van der Waals surface area contributed by atoms with Crippen LogP contribution in [0, 0.1) is 0 Å². The van der Waals surface area contributed by atoms with E-state index in [0.717, 1.165) is 6.42 Å². The number of rotatable bonds is 6. The molecule has 0 radical (unpaired) electrons. The number of aliphatic hydroxyl groups is 1. The van der Waals surface area contributed by atoms with Gasteiger partial charge in [-0.15, -0.1) is 11.3 Å². The van der Waals surface area contributed by atoms with Crippen LogP contribution < -0.4 is 0 Å². The van der Waals surface area contributed by atoms with E-state index < -0.39 is 0 Å². The molecule has 2 nitrogen and oxygen atoms in total. The van der Waals surface area contributed by atoms with Gasteiger partial charge in [0.2, 0.25) is 0 Å². The second-order valence-corrected chi connectivity index (χ2v) is 6.30. The fourth-order valence-corrected chi connectivity index (χ4v) is 2.95. The molecule has 0 aliphatic carbocycles. The van der Waals surface area contributed by atoms with Crippen LogP contribution in [-0.2, 0) is 0 Å². The zero-order valence-corrected chi connectivity index (χ0v) is 10.8. The van der Waals surface area contributed by atoms with E-state index in [1.165, 1.54) is 11.3 Å². The molecule has 1 atom stereocenters. The van der Waals surface area contributed by atoms with Crippen molar-refractivity contribution in [3.63, 3.8) is 0 Å². The van der Waals surface area contributed by atoms with Crippen LogP contribution in [0.5, 0.6) is 0 Å². The van der Waals surface area contributed by atoms with Crippen LogP contribution in [0.25, 0.3) is 0 Å². The van der Waals surface area contributed by atoms with Crippen LogP contribution in [0.3, 0.4) is 0 Å². The summed E-state index contributed by atoms with van der Waals surface area (Å²) in [6, 6.07) is 3.49. The molecule has 1 aromatic rings. The van der Waals surface area contributed by atoms with E-state index in [0.29, 0.717) is 20.2 Å². The predicted octanol–water partition coefficient (Wildman–Crippen LogP) is 3.09. The van der Waals surface area contributed by atoms with Gasteiger partial charge in [0.25, 0.3) is 0 Å². The molecule has 15 heavy (non-hydrogen) atoms. The van der Waals surface area contributed by atoms with Gasteiger partial charge in [0.1, 0.15) is 0 Å². The number of aliphatic hydroxyl groups excluding tert-OH is 1. The van der Waals surface area contributed by atoms with Gasteiger partial charge in [-0.2, -0.15) is 11.8 Å². The standard InChI is InChI=1S/C10H13ClO2S2/c1-7(4-5-12)14-6-8(13)9-2-3-10(11)15-9/h2-3,7,12H,4-6H2,1H3. The first-order valence-electron chi connectivity index (χ1n) is 4.64. The maximum absolute atomic E-state index is 11.6. The van der Waals surface area contributed by atoms with E-state index in [4.69, 9.17) is 16.7 Å². The zero-order valence-electron chi connectivity index (χ0n) is 8.40. The van der Waals surface area contributed by atoms with E-state index in [-0.39, 0.29) is 12.4 Å². The van der Waals surface area contributed by atoms with Crippen LogP contribution in [-0.4, -0.2) is 28.5 Å². The Kier molecular flexibility index (Phi) is 5.68. The largest absolute Gasteiger partial charge is 0.396 e. The molecule has 0 amide bonds. The predicted molar refractivity (Wildman–Crippen MR) is 67.3 cm³/mol. The first-order valence-corrected chi connectivity index (χ1v) is 6.89. The van der Waals surface area contributed by atoms with E-state index in [9.17, 15) is 4.79 Å². The third kappa shape index (κ3) is 4.55. The highest BCUT2D eigenvalue weighted by Gasteiger charge is 2.11. The summed E-state index contributed by atoms with van der Waals surface area (Å²) < 4.78 is 0.645. The SMILES string of the molecule is CC(CCO)SCC(=O)c1ccc(Cl)s1. The molecule has 1 heterocycles. The second-order valence-electron chi connectivity index (χ2n) is 3.16. The molecule has 0 spiro atoms. The molecule has 5 heteroatoms. The number of carbonyl (C=O) groups is 1. The molecule has 0 aliphatic rings. The number of hydrogen-bond acceptors (Lipinski definition) is 4. The molecule has 84 valence electrons. The van der Waals surface area contributed by atoms with Crippen molar-refractivity contribution in [2.24, 2.45) is 0 Å². The van der Waals surface area contributed by atoms with Gasteiger partial charge >= 0.3 is 0 Å². The Bertz CT molecular complexity index is 325. The van der Waals surface area contributed by atoms with Crippen LogP contribution in [0.1, 0.15) is 23.0 Å². The number of hydrogen-bond donors (Lipinski definition) is 1. The summed E-state index contributed by atoms with van der Waals surface area (Å²) in [5, 5.41) is 9.02. The highest BCUT2D eigenvalue weighted by molar-refractivity contribution is 8.00. The highest BCUT2D eigenvalue weighted by atomic mass is 35.5. The summed E-state index contributed by atoms with van der Waals surface area (Å²) in [4.78, 5) is 12.3. The molecule has 0 aliphatic heterocycles. The molecule has 1 rings (SSSR count). The van der Waals surface area contributed by atoms with Crippen molar-refractivity contribution in [3.05, 3.63) is 21.3 Å². The lowest BCUT2D eigenvalue weighted by Crippen LogP contribution is -2.06.